The highest BCUT2D eigenvalue weighted by Gasteiger charge is 2.51. The molecule has 0 radical (unpaired) electrons. The summed E-state index contributed by atoms with van der Waals surface area (Å²) in [5.74, 6) is 1.39. The highest BCUT2D eigenvalue weighted by atomic mass is 32.1. The van der Waals surface area contributed by atoms with Crippen molar-refractivity contribution in [2.75, 3.05) is 22.1 Å². The summed E-state index contributed by atoms with van der Waals surface area (Å²) in [6, 6.07) is 25.2. The molecule has 0 unspecified atom stereocenters. The maximum absolute atomic E-state index is 13.6. The molecule has 2 aromatic heterocycles. The van der Waals surface area contributed by atoms with Crippen LogP contribution in [0.2, 0.25) is 0 Å². The van der Waals surface area contributed by atoms with Gasteiger partial charge in [0.25, 0.3) is 5.91 Å². The fourth-order valence-corrected chi connectivity index (χ4v) is 10.5. The number of nitrogens with zero attached hydrogens (tertiary/aromatic N) is 4. The number of pyridine rings is 1. The van der Waals surface area contributed by atoms with E-state index in [4.69, 9.17) is 0 Å². The number of carboxylic acid groups (broad SMARTS) is 1. The second-order valence-electron chi connectivity index (χ2n) is 14.6. The number of aromatic carboxylic acids is 1. The van der Waals surface area contributed by atoms with Crippen molar-refractivity contribution in [1.82, 2.24) is 9.97 Å². The molecule has 9 nitrogen and oxygen atoms in total. The molecule has 4 aliphatic carbocycles. The van der Waals surface area contributed by atoms with Crippen molar-refractivity contribution in [3.05, 3.63) is 101 Å². The number of hydrogen-bond acceptors (Lipinski definition) is 8. The van der Waals surface area contributed by atoms with Crippen molar-refractivity contribution >= 4 is 50.1 Å². The highest BCUT2D eigenvalue weighted by Crippen LogP contribution is 2.57. The van der Waals surface area contributed by atoms with Gasteiger partial charge in [0.2, 0.25) is 0 Å². The summed E-state index contributed by atoms with van der Waals surface area (Å²) in [5, 5.41) is 28.2. The summed E-state index contributed by atoms with van der Waals surface area (Å²) >= 11 is 1.43. The molecule has 1 amide bonds. The molecule has 50 heavy (non-hydrogen) atoms. The summed E-state index contributed by atoms with van der Waals surface area (Å²) < 4.78 is 1.00. The molecular weight excluding hydrogens is 645 g/mol. The number of thiazole rings is 1. The third kappa shape index (κ3) is 5.37. The lowest BCUT2D eigenvalue weighted by Crippen LogP contribution is -2.54. The molecule has 5 aliphatic rings. The molecule has 1 aliphatic heterocycles. The van der Waals surface area contributed by atoms with Crippen LogP contribution in [0.3, 0.4) is 0 Å². The van der Waals surface area contributed by atoms with E-state index in [1.165, 1.54) is 30.6 Å². The van der Waals surface area contributed by atoms with Crippen LogP contribution in [0.1, 0.15) is 76.1 Å². The third-order valence-corrected chi connectivity index (χ3v) is 12.3. The van der Waals surface area contributed by atoms with Crippen LogP contribution in [0.25, 0.3) is 21.3 Å². The van der Waals surface area contributed by atoms with E-state index in [1.54, 1.807) is 6.07 Å². The van der Waals surface area contributed by atoms with E-state index in [-0.39, 0.29) is 17.1 Å². The van der Waals surface area contributed by atoms with Gasteiger partial charge in [0.1, 0.15) is 11.9 Å². The minimum atomic E-state index is -1.15. The first-order valence-electron chi connectivity index (χ1n) is 17.4. The van der Waals surface area contributed by atoms with Crippen LogP contribution in [0.5, 0.6) is 0 Å². The van der Waals surface area contributed by atoms with Crippen molar-refractivity contribution in [3.8, 4) is 17.2 Å². The summed E-state index contributed by atoms with van der Waals surface area (Å²) in [4.78, 5) is 37.6. The molecule has 4 fully saturated rings. The second-order valence-corrected chi connectivity index (χ2v) is 15.6. The molecule has 250 valence electrons. The van der Waals surface area contributed by atoms with E-state index in [1.807, 2.05) is 71.6 Å². The fourth-order valence-electron chi connectivity index (χ4n) is 9.64. The molecule has 3 aromatic carbocycles. The third-order valence-electron chi connectivity index (χ3n) is 11.3. The summed E-state index contributed by atoms with van der Waals surface area (Å²) in [7, 11) is 0. The van der Waals surface area contributed by atoms with Crippen LogP contribution in [-0.4, -0.2) is 39.0 Å². The van der Waals surface area contributed by atoms with Gasteiger partial charge < -0.3 is 15.3 Å². The first kappa shape index (κ1) is 30.8. The van der Waals surface area contributed by atoms with Gasteiger partial charge in [0, 0.05) is 35.3 Å². The average Bonchev–Trinajstić information content (AvgIpc) is 3.52. The molecule has 4 bridgehead atoms. The Labute approximate surface area is 294 Å². The predicted molar refractivity (Wildman–Crippen MR) is 195 cm³/mol. The maximum atomic E-state index is 13.6. The lowest BCUT2D eigenvalue weighted by atomic mass is 9.53. The monoisotopic (exact) mass is 680 g/mol. The van der Waals surface area contributed by atoms with Crippen LogP contribution in [0, 0.1) is 29.1 Å². The first-order chi connectivity index (χ1) is 24.3. The van der Waals surface area contributed by atoms with Crippen LogP contribution >= 0.6 is 11.3 Å². The number of nitrogens with one attached hydrogen (secondary N) is 2. The van der Waals surface area contributed by atoms with E-state index in [0.717, 1.165) is 64.0 Å². The Bertz CT molecular complexity index is 2170. The minimum absolute atomic E-state index is 0.00536. The van der Waals surface area contributed by atoms with Gasteiger partial charge in [-0.1, -0.05) is 47.7 Å². The van der Waals surface area contributed by atoms with E-state index in [2.05, 4.69) is 26.7 Å². The minimum Gasteiger partial charge on any atom is -0.476 e. The van der Waals surface area contributed by atoms with Gasteiger partial charge in [0.05, 0.1) is 21.5 Å². The van der Waals surface area contributed by atoms with Gasteiger partial charge in [-0.25, -0.2) is 14.8 Å². The van der Waals surface area contributed by atoms with Gasteiger partial charge in [-0.15, -0.1) is 0 Å². The van der Waals surface area contributed by atoms with Crippen molar-refractivity contribution in [1.29, 1.82) is 5.26 Å². The number of fused-ring (bicyclic) bond motifs is 2. The average molecular weight is 681 g/mol. The lowest BCUT2D eigenvalue weighted by Gasteiger charge is -2.57. The predicted octanol–water partition coefficient (Wildman–Crippen LogP) is 8.12. The molecule has 0 spiro atoms. The van der Waals surface area contributed by atoms with Gasteiger partial charge >= 0.3 is 5.97 Å². The normalized spacial score (nSPS) is 23.3. The van der Waals surface area contributed by atoms with Crippen molar-refractivity contribution < 1.29 is 14.7 Å². The molecule has 3 N–H and O–H groups in total. The van der Waals surface area contributed by atoms with E-state index >= 15 is 0 Å². The zero-order valence-corrected chi connectivity index (χ0v) is 28.3. The zero-order chi connectivity index (χ0) is 34.0. The van der Waals surface area contributed by atoms with Crippen LogP contribution in [0.4, 0.5) is 16.6 Å². The number of aromatic nitrogens is 2. The Balaban J connectivity index is 1.000. The number of amides is 1. The smallest absolute Gasteiger partial charge is 0.355 e. The Morgan fingerprint density at radius 3 is 2.40 bits per heavy atom. The second kappa shape index (κ2) is 12.0. The van der Waals surface area contributed by atoms with E-state index < -0.39 is 5.97 Å². The standard InChI is InChI=1S/C40H36N6O3S/c41-21-30-27(6-4-9-32(30)45-40-18-23-15-24(19-40)17-25(16-23)20-40)28-11-12-35(43-36(28)38(48)49)46-14-13-26-5-3-7-29(31(26)22-46)37(47)44-39-42-33-8-1-2-10-34(33)50-39/h1-12,23-25,45H,13-20,22H2,(H,48,49)(H,42,44,47). The zero-order valence-electron chi connectivity index (χ0n) is 27.5. The SMILES string of the molecule is N#Cc1c(NC23CC4CC(CC(C4)C2)C3)cccc1-c1ccc(N2CCc3cccc(C(=O)Nc4nc5ccccc5s4)c3C2)nc1C(=O)O. The Kier molecular flexibility index (Phi) is 7.35. The van der Waals surface area contributed by atoms with Crippen LogP contribution in [-0.2, 0) is 13.0 Å². The molecule has 10 rings (SSSR count). The number of nitriles is 1. The topological polar surface area (TPSA) is 131 Å². The van der Waals surface area contributed by atoms with Crippen LogP contribution < -0.4 is 15.5 Å². The van der Waals surface area contributed by atoms with E-state index in [9.17, 15) is 20.0 Å². The van der Waals surface area contributed by atoms with Gasteiger partial charge in [-0.3, -0.25) is 10.1 Å². The summed E-state index contributed by atoms with van der Waals surface area (Å²) in [5.41, 5.74) is 5.48. The van der Waals surface area contributed by atoms with Crippen molar-refractivity contribution in [2.24, 2.45) is 17.8 Å². The van der Waals surface area contributed by atoms with E-state index in [0.29, 0.717) is 52.7 Å². The number of benzene rings is 3. The molecule has 0 saturated heterocycles. The number of rotatable bonds is 7. The van der Waals surface area contributed by atoms with Gasteiger partial charge in [-0.2, -0.15) is 5.26 Å². The number of carbonyl (C=O) groups excluding carboxylic acids is 1. The van der Waals surface area contributed by atoms with Gasteiger partial charge in [-0.05, 0) is 110 Å². The number of para-hydroxylation sites is 1. The molecule has 10 heteroatoms. The lowest BCUT2D eigenvalue weighted by molar-refractivity contribution is 0.0107. The Hall–Kier alpha value is -5.27. The largest absolute Gasteiger partial charge is 0.476 e. The number of carboxylic acids is 1. The quantitative estimate of drug-likeness (QED) is 0.157. The Morgan fingerprint density at radius 1 is 0.900 bits per heavy atom. The number of hydrogen-bond donors (Lipinski definition) is 3. The maximum Gasteiger partial charge on any atom is 0.355 e. The molecule has 5 aromatic rings. The summed E-state index contributed by atoms with van der Waals surface area (Å²) in [6.45, 7) is 1.02. The number of carbonyl (C=O) groups is 2. The highest BCUT2D eigenvalue weighted by molar-refractivity contribution is 7.22. The molecule has 0 atom stereocenters. The fraction of sp³-hybridized carbons (Fsp3) is 0.325. The Morgan fingerprint density at radius 2 is 1.66 bits per heavy atom. The van der Waals surface area contributed by atoms with Gasteiger partial charge in [0.15, 0.2) is 10.8 Å². The van der Waals surface area contributed by atoms with Crippen molar-refractivity contribution in [3.63, 3.8) is 0 Å². The molecule has 4 saturated carbocycles. The van der Waals surface area contributed by atoms with Crippen LogP contribution in [0.15, 0.2) is 72.8 Å². The van der Waals surface area contributed by atoms with Crippen molar-refractivity contribution in [2.45, 2.75) is 57.0 Å². The number of anilines is 3. The molecule has 3 heterocycles. The molecular formula is C40H36N6O3S. The summed E-state index contributed by atoms with van der Waals surface area (Å²) in [6.07, 6.45) is 8.06. The first-order valence-corrected chi connectivity index (χ1v) is 18.2.